The summed E-state index contributed by atoms with van der Waals surface area (Å²) in [6.07, 6.45) is 2.26. The first-order valence-corrected chi connectivity index (χ1v) is 9.88. The summed E-state index contributed by atoms with van der Waals surface area (Å²) in [6, 6.07) is 13.4. The van der Waals surface area contributed by atoms with Crippen LogP contribution in [-0.4, -0.2) is 41.4 Å². The molecule has 0 unspecified atom stereocenters. The molecular formula is C22H23N5O3. The average Bonchev–Trinajstić information content (AvgIpc) is 3.14. The Kier molecular flexibility index (Phi) is 5.74. The number of carbonyl (C=O) groups is 2. The van der Waals surface area contributed by atoms with Crippen LogP contribution in [0.4, 0.5) is 11.5 Å². The van der Waals surface area contributed by atoms with Gasteiger partial charge < -0.3 is 20.0 Å². The zero-order valence-electron chi connectivity index (χ0n) is 16.7. The van der Waals surface area contributed by atoms with E-state index < -0.39 is 0 Å². The Morgan fingerprint density at radius 2 is 2.07 bits per heavy atom. The number of anilines is 2. The molecule has 1 aromatic carbocycles. The van der Waals surface area contributed by atoms with E-state index in [1.165, 1.54) is 0 Å². The van der Waals surface area contributed by atoms with Crippen molar-refractivity contribution in [2.24, 2.45) is 0 Å². The van der Waals surface area contributed by atoms with E-state index in [-0.39, 0.29) is 18.2 Å². The Labute approximate surface area is 174 Å². The summed E-state index contributed by atoms with van der Waals surface area (Å²) in [4.78, 5) is 34.5. The van der Waals surface area contributed by atoms with Gasteiger partial charge in [-0.15, -0.1) is 0 Å². The highest BCUT2D eigenvalue weighted by atomic mass is 16.4. The lowest BCUT2D eigenvalue weighted by molar-refractivity contribution is -0.120. The van der Waals surface area contributed by atoms with Crippen molar-refractivity contribution in [2.75, 3.05) is 29.9 Å². The predicted molar refractivity (Wildman–Crippen MR) is 113 cm³/mol. The molecule has 8 heteroatoms. The first kappa shape index (κ1) is 19.6. The smallest absolute Gasteiger partial charge is 0.239 e. The average molecular weight is 405 g/mol. The Morgan fingerprint density at radius 3 is 2.80 bits per heavy atom. The minimum absolute atomic E-state index is 0.0161. The third kappa shape index (κ3) is 4.65. The van der Waals surface area contributed by atoms with Crippen LogP contribution in [0.5, 0.6) is 0 Å². The van der Waals surface area contributed by atoms with E-state index in [0.717, 1.165) is 17.0 Å². The number of aromatic nitrogens is 2. The fourth-order valence-corrected chi connectivity index (χ4v) is 3.34. The van der Waals surface area contributed by atoms with Gasteiger partial charge in [0.05, 0.1) is 24.1 Å². The largest absolute Gasteiger partial charge is 0.440 e. The van der Waals surface area contributed by atoms with Gasteiger partial charge in [-0.2, -0.15) is 0 Å². The Hall–Kier alpha value is -3.68. The molecule has 0 bridgehead atoms. The van der Waals surface area contributed by atoms with Gasteiger partial charge in [-0.1, -0.05) is 30.3 Å². The Morgan fingerprint density at radius 1 is 1.23 bits per heavy atom. The molecule has 0 aliphatic carbocycles. The maximum absolute atomic E-state index is 12.3. The summed E-state index contributed by atoms with van der Waals surface area (Å²) in [5.41, 5.74) is 2.39. The van der Waals surface area contributed by atoms with Crippen LogP contribution in [0.25, 0.3) is 11.3 Å². The zero-order valence-corrected chi connectivity index (χ0v) is 16.7. The number of amides is 2. The molecule has 1 saturated heterocycles. The van der Waals surface area contributed by atoms with Crippen LogP contribution in [0.2, 0.25) is 0 Å². The first-order valence-electron chi connectivity index (χ1n) is 9.88. The van der Waals surface area contributed by atoms with Crippen LogP contribution in [0, 0.1) is 6.92 Å². The summed E-state index contributed by atoms with van der Waals surface area (Å²) in [6.45, 7) is 3.50. The summed E-state index contributed by atoms with van der Waals surface area (Å²) in [7, 11) is 0. The monoisotopic (exact) mass is 405 g/mol. The number of nitrogens with one attached hydrogen (secondary N) is 2. The molecule has 1 aliphatic heterocycles. The fraction of sp³-hybridized carbons (Fsp3) is 0.273. The van der Waals surface area contributed by atoms with Gasteiger partial charge in [0, 0.05) is 31.5 Å². The number of hydrogen-bond donors (Lipinski definition) is 2. The third-order valence-electron chi connectivity index (χ3n) is 4.84. The molecular weight excluding hydrogens is 382 g/mol. The molecule has 2 N–H and O–H groups in total. The van der Waals surface area contributed by atoms with Gasteiger partial charge in [-0.3, -0.25) is 9.59 Å². The Bertz CT molecular complexity index is 1030. The van der Waals surface area contributed by atoms with E-state index in [9.17, 15) is 9.59 Å². The predicted octanol–water partition coefficient (Wildman–Crippen LogP) is 2.55. The van der Waals surface area contributed by atoms with E-state index >= 15 is 0 Å². The van der Waals surface area contributed by atoms with Crippen molar-refractivity contribution in [1.29, 1.82) is 0 Å². The summed E-state index contributed by atoms with van der Waals surface area (Å²) in [5.74, 6) is 1.83. The molecule has 2 aromatic heterocycles. The molecule has 154 valence electrons. The summed E-state index contributed by atoms with van der Waals surface area (Å²) >= 11 is 0. The van der Waals surface area contributed by atoms with Crippen molar-refractivity contribution in [2.45, 2.75) is 19.8 Å². The highest BCUT2D eigenvalue weighted by molar-refractivity contribution is 5.90. The third-order valence-corrected chi connectivity index (χ3v) is 4.84. The first-order chi connectivity index (χ1) is 14.6. The molecule has 3 aromatic rings. The van der Waals surface area contributed by atoms with Crippen molar-refractivity contribution in [1.82, 2.24) is 15.3 Å². The lowest BCUT2D eigenvalue weighted by atomic mass is 10.1. The second kappa shape index (κ2) is 8.77. The molecule has 0 spiro atoms. The van der Waals surface area contributed by atoms with Crippen molar-refractivity contribution >= 4 is 23.3 Å². The molecule has 2 amide bonds. The number of piperazine rings is 1. The molecule has 1 fully saturated rings. The zero-order chi connectivity index (χ0) is 20.9. The van der Waals surface area contributed by atoms with Crippen LogP contribution >= 0.6 is 0 Å². The van der Waals surface area contributed by atoms with Crippen molar-refractivity contribution in [3.05, 3.63) is 60.2 Å². The number of oxazole rings is 1. The molecule has 0 saturated carbocycles. The number of benzene rings is 1. The standard InChI is InChI=1S/C22H23N5O3/c1-15-22(16-5-3-2-4-6-16)30-21(25-15)10-9-19(28)26-17-7-8-18(24-13-17)27-12-11-23-20(29)14-27/h2-8,13H,9-12,14H2,1H3,(H,23,29)(H,26,28). The van der Waals surface area contributed by atoms with Crippen LogP contribution in [0.15, 0.2) is 53.1 Å². The number of pyridine rings is 1. The molecule has 3 heterocycles. The number of nitrogens with zero attached hydrogens (tertiary/aromatic N) is 3. The van der Waals surface area contributed by atoms with Crippen molar-refractivity contribution < 1.29 is 14.0 Å². The molecule has 0 atom stereocenters. The minimum Gasteiger partial charge on any atom is -0.440 e. The van der Waals surface area contributed by atoms with Gasteiger partial charge in [-0.05, 0) is 19.1 Å². The molecule has 8 nitrogen and oxygen atoms in total. The number of aryl methyl sites for hydroxylation is 2. The van der Waals surface area contributed by atoms with E-state index in [4.69, 9.17) is 4.42 Å². The van der Waals surface area contributed by atoms with Gasteiger partial charge >= 0.3 is 0 Å². The number of rotatable bonds is 6. The molecule has 1 aliphatic rings. The minimum atomic E-state index is -0.140. The lowest BCUT2D eigenvalue weighted by Gasteiger charge is -2.27. The normalized spacial score (nSPS) is 13.8. The topological polar surface area (TPSA) is 100 Å². The summed E-state index contributed by atoms with van der Waals surface area (Å²) in [5, 5.41) is 5.62. The van der Waals surface area contributed by atoms with Crippen molar-refractivity contribution in [3.8, 4) is 11.3 Å². The highest BCUT2D eigenvalue weighted by Crippen LogP contribution is 2.24. The van der Waals surface area contributed by atoms with Gasteiger partial charge in [0.2, 0.25) is 11.8 Å². The van der Waals surface area contributed by atoms with E-state index in [1.807, 2.05) is 42.2 Å². The molecule has 0 radical (unpaired) electrons. The maximum atomic E-state index is 12.3. The number of hydrogen-bond acceptors (Lipinski definition) is 6. The van der Waals surface area contributed by atoms with Crippen LogP contribution < -0.4 is 15.5 Å². The lowest BCUT2D eigenvalue weighted by Crippen LogP contribution is -2.48. The maximum Gasteiger partial charge on any atom is 0.239 e. The SMILES string of the molecule is Cc1nc(CCC(=O)Nc2ccc(N3CCNC(=O)C3)nc2)oc1-c1ccccc1. The van der Waals surface area contributed by atoms with Gasteiger partial charge in [0.25, 0.3) is 0 Å². The molecule has 4 rings (SSSR count). The molecule has 30 heavy (non-hydrogen) atoms. The van der Waals surface area contributed by atoms with Crippen LogP contribution in [-0.2, 0) is 16.0 Å². The van der Waals surface area contributed by atoms with Crippen molar-refractivity contribution in [3.63, 3.8) is 0 Å². The van der Waals surface area contributed by atoms with Crippen LogP contribution in [0.3, 0.4) is 0 Å². The fourth-order valence-electron chi connectivity index (χ4n) is 3.34. The van der Waals surface area contributed by atoms with E-state index in [1.54, 1.807) is 18.3 Å². The van der Waals surface area contributed by atoms with E-state index in [0.29, 0.717) is 43.5 Å². The Balaban J connectivity index is 1.31. The second-order valence-corrected chi connectivity index (χ2v) is 7.11. The van der Waals surface area contributed by atoms with Crippen LogP contribution in [0.1, 0.15) is 18.0 Å². The highest BCUT2D eigenvalue weighted by Gasteiger charge is 2.17. The quantitative estimate of drug-likeness (QED) is 0.654. The van der Waals surface area contributed by atoms with E-state index in [2.05, 4.69) is 20.6 Å². The summed E-state index contributed by atoms with van der Waals surface area (Å²) < 4.78 is 5.85. The van der Waals surface area contributed by atoms with Gasteiger partial charge in [-0.25, -0.2) is 9.97 Å². The van der Waals surface area contributed by atoms with Gasteiger partial charge in [0.1, 0.15) is 5.82 Å². The second-order valence-electron chi connectivity index (χ2n) is 7.11. The van der Waals surface area contributed by atoms with Gasteiger partial charge in [0.15, 0.2) is 11.7 Å². The number of carbonyl (C=O) groups excluding carboxylic acids is 2.